The molecule has 0 saturated carbocycles. The number of carbonyl (C=O) groups excluding carboxylic acids is 2. The van der Waals surface area contributed by atoms with Crippen LogP contribution >= 0.6 is 0 Å². The Morgan fingerprint density at radius 2 is 1.74 bits per heavy atom. The van der Waals surface area contributed by atoms with Crippen molar-refractivity contribution >= 4 is 18.0 Å². The molecule has 2 amide bonds. The van der Waals surface area contributed by atoms with Gasteiger partial charge in [-0.05, 0) is 35.1 Å². The third kappa shape index (κ3) is 4.54. The van der Waals surface area contributed by atoms with Gasteiger partial charge < -0.3 is 15.2 Å². The van der Waals surface area contributed by atoms with Crippen LogP contribution in [0.4, 0.5) is 4.79 Å². The first-order chi connectivity index (χ1) is 15.0. The number of carboxylic acids is 1. The molecule has 0 radical (unpaired) electrons. The maximum absolute atomic E-state index is 12.6. The van der Waals surface area contributed by atoms with E-state index >= 15 is 0 Å². The zero-order valence-electron chi connectivity index (χ0n) is 17.0. The Labute approximate surface area is 179 Å². The number of hydrogen-bond donors (Lipinski definition) is 2. The van der Waals surface area contributed by atoms with Crippen LogP contribution in [0.1, 0.15) is 36.3 Å². The van der Waals surface area contributed by atoms with Gasteiger partial charge in [-0.1, -0.05) is 48.5 Å². The molecule has 1 heterocycles. The van der Waals surface area contributed by atoms with Crippen LogP contribution in [-0.2, 0) is 19.2 Å². The Morgan fingerprint density at radius 3 is 2.32 bits per heavy atom. The molecular formula is C23H24N2O6. The lowest BCUT2D eigenvalue weighted by Crippen LogP contribution is -2.48. The van der Waals surface area contributed by atoms with Crippen LogP contribution < -0.4 is 5.32 Å². The highest BCUT2D eigenvalue weighted by atomic mass is 16.7. The SMILES string of the molecule is O=C(O)CCC(NC(=O)OCC1c2ccccc2-c2ccccc21)C(=O)N1CCCO1. The highest BCUT2D eigenvalue weighted by molar-refractivity contribution is 5.86. The van der Waals surface area contributed by atoms with Crippen LogP contribution in [0, 0.1) is 0 Å². The Balaban J connectivity index is 1.42. The number of carboxylic acid groups (broad SMARTS) is 1. The van der Waals surface area contributed by atoms with Gasteiger partial charge in [0.25, 0.3) is 5.91 Å². The number of rotatable bonds is 7. The van der Waals surface area contributed by atoms with E-state index in [2.05, 4.69) is 5.32 Å². The van der Waals surface area contributed by atoms with Crippen LogP contribution in [0.5, 0.6) is 0 Å². The largest absolute Gasteiger partial charge is 0.481 e. The molecule has 0 aromatic heterocycles. The Kier molecular flexibility index (Phi) is 6.18. The van der Waals surface area contributed by atoms with Gasteiger partial charge in [-0.15, -0.1) is 0 Å². The molecule has 1 atom stereocenters. The standard InChI is InChI=1S/C23H24N2O6/c26-21(27)11-10-20(22(28)25-12-5-13-31-25)24-23(29)30-14-19-17-8-3-1-6-15(17)16-7-2-4-9-18(16)19/h1-4,6-9,19-20H,5,10-14H2,(H,24,29)(H,26,27). The number of benzene rings is 2. The van der Waals surface area contributed by atoms with Gasteiger partial charge in [-0.3, -0.25) is 14.4 Å². The molecule has 162 valence electrons. The molecule has 0 spiro atoms. The zero-order valence-corrected chi connectivity index (χ0v) is 17.0. The second kappa shape index (κ2) is 9.18. The Bertz CT molecular complexity index is 940. The first kappa shape index (κ1) is 20.9. The van der Waals surface area contributed by atoms with Gasteiger partial charge >= 0.3 is 12.1 Å². The number of nitrogens with one attached hydrogen (secondary N) is 1. The molecule has 8 nitrogen and oxygen atoms in total. The van der Waals surface area contributed by atoms with E-state index in [1.54, 1.807) is 0 Å². The van der Waals surface area contributed by atoms with E-state index in [9.17, 15) is 14.4 Å². The highest BCUT2D eigenvalue weighted by Crippen LogP contribution is 2.44. The molecule has 1 unspecified atom stereocenters. The average Bonchev–Trinajstić information content (AvgIpc) is 3.41. The second-order valence-electron chi connectivity index (χ2n) is 7.58. The third-order valence-corrected chi connectivity index (χ3v) is 5.58. The first-order valence-corrected chi connectivity index (χ1v) is 10.3. The van der Waals surface area contributed by atoms with Crippen molar-refractivity contribution in [3.05, 3.63) is 59.7 Å². The fourth-order valence-corrected chi connectivity index (χ4v) is 4.10. The predicted octanol–water partition coefficient (Wildman–Crippen LogP) is 2.92. The average molecular weight is 424 g/mol. The van der Waals surface area contributed by atoms with E-state index in [0.717, 1.165) is 22.3 Å². The van der Waals surface area contributed by atoms with Gasteiger partial charge in [0, 0.05) is 12.3 Å². The molecule has 1 aliphatic carbocycles. The Hall–Kier alpha value is -3.39. The van der Waals surface area contributed by atoms with Crippen LogP contribution in [0.25, 0.3) is 11.1 Å². The summed E-state index contributed by atoms with van der Waals surface area (Å²) in [6, 6.07) is 15.0. The number of aliphatic carboxylic acids is 1. The summed E-state index contributed by atoms with van der Waals surface area (Å²) in [5.41, 5.74) is 4.40. The predicted molar refractivity (Wildman–Crippen MR) is 111 cm³/mol. The van der Waals surface area contributed by atoms with E-state index < -0.39 is 24.0 Å². The highest BCUT2D eigenvalue weighted by Gasteiger charge is 2.32. The van der Waals surface area contributed by atoms with Crippen LogP contribution in [0.2, 0.25) is 0 Å². The summed E-state index contributed by atoms with van der Waals surface area (Å²) in [4.78, 5) is 41.3. The van der Waals surface area contributed by atoms with Gasteiger partial charge in [-0.25, -0.2) is 9.86 Å². The monoisotopic (exact) mass is 424 g/mol. The van der Waals surface area contributed by atoms with Gasteiger partial charge in [0.15, 0.2) is 0 Å². The molecule has 4 rings (SSSR count). The molecule has 1 aliphatic heterocycles. The number of alkyl carbamates (subject to hydrolysis) is 1. The molecule has 2 aliphatic rings. The second-order valence-corrected chi connectivity index (χ2v) is 7.58. The number of nitrogens with zero attached hydrogens (tertiary/aromatic N) is 1. The fraction of sp³-hybridized carbons (Fsp3) is 0.348. The molecule has 8 heteroatoms. The molecule has 2 aromatic rings. The lowest BCUT2D eigenvalue weighted by molar-refractivity contribution is -0.171. The first-order valence-electron chi connectivity index (χ1n) is 10.3. The normalized spacial score (nSPS) is 15.8. The maximum Gasteiger partial charge on any atom is 0.407 e. The van der Waals surface area contributed by atoms with Crippen molar-refractivity contribution < 1.29 is 29.1 Å². The maximum atomic E-state index is 12.6. The lowest BCUT2D eigenvalue weighted by Gasteiger charge is -2.23. The van der Waals surface area contributed by atoms with E-state index in [-0.39, 0.29) is 25.4 Å². The van der Waals surface area contributed by atoms with Gasteiger partial charge in [0.2, 0.25) is 0 Å². The van der Waals surface area contributed by atoms with Crippen molar-refractivity contribution in [3.63, 3.8) is 0 Å². The zero-order chi connectivity index (χ0) is 21.8. The summed E-state index contributed by atoms with van der Waals surface area (Å²) in [5, 5.41) is 12.7. The van der Waals surface area contributed by atoms with Crippen molar-refractivity contribution in [3.8, 4) is 11.1 Å². The number of amides is 2. The number of carbonyl (C=O) groups is 3. The van der Waals surface area contributed by atoms with Crippen molar-refractivity contribution in [2.75, 3.05) is 19.8 Å². The summed E-state index contributed by atoms with van der Waals surface area (Å²) < 4.78 is 5.48. The summed E-state index contributed by atoms with van der Waals surface area (Å²) in [6.45, 7) is 0.941. The number of ether oxygens (including phenoxy) is 1. The van der Waals surface area contributed by atoms with E-state index in [1.165, 1.54) is 5.06 Å². The summed E-state index contributed by atoms with van der Waals surface area (Å²) in [5.74, 6) is -1.62. The number of fused-ring (bicyclic) bond motifs is 3. The summed E-state index contributed by atoms with van der Waals surface area (Å²) in [7, 11) is 0. The van der Waals surface area contributed by atoms with E-state index in [0.29, 0.717) is 19.6 Å². The van der Waals surface area contributed by atoms with Gasteiger partial charge in [-0.2, -0.15) is 0 Å². The topological polar surface area (TPSA) is 105 Å². The molecule has 31 heavy (non-hydrogen) atoms. The summed E-state index contributed by atoms with van der Waals surface area (Å²) in [6.07, 6.45) is -0.362. The van der Waals surface area contributed by atoms with Crippen molar-refractivity contribution in [2.24, 2.45) is 0 Å². The summed E-state index contributed by atoms with van der Waals surface area (Å²) >= 11 is 0. The van der Waals surface area contributed by atoms with E-state index in [4.69, 9.17) is 14.7 Å². The van der Waals surface area contributed by atoms with Crippen molar-refractivity contribution in [2.45, 2.75) is 31.2 Å². The molecule has 1 fully saturated rings. The fourth-order valence-electron chi connectivity index (χ4n) is 4.10. The molecule has 0 bridgehead atoms. The quantitative estimate of drug-likeness (QED) is 0.708. The molecular weight excluding hydrogens is 400 g/mol. The van der Waals surface area contributed by atoms with Crippen molar-refractivity contribution in [1.82, 2.24) is 10.4 Å². The molecule has 2 aromatic carbocycles. The minimum absolute atomic E-state index is 0.0434. The van der Waals surface area contributed by atoms with Crippen LogP contribution in [-0.4, -0.2) is 53.9 Å². The van der Waals surface area contributed by atoms with Gasteiger partial charge in [0.05, 0.1) is 13.2 Å². The lowest BCUT2D eigenvalue weighted by atomic mass is 9.98. The molecule has 1 saturated heterocycles. The van der Waals surface area contributed by atoms with Crippen LogP contribution in [0.3, 0.4) is 0 Å². The Morgan fingerprint density at radius 1 is 1.10 bits per heavy atom. The minimum Gasteiger partial charge on any atom is -0.481 e. The van der Waals surface area contributed by atoms with E-state index in [1.807, 2.05) is 48.5 Å². The number of hydrogen-bond acceptors (Lipinski definition) is 5. The third-order valence-electron chi connectivity index (χ3n) is 5.58. The minimum atomic E-state index is -1.05. The van der Waals surface area contributed by atoms with Crippen molar-refractivity contribution in [1.29, 1.82) is 0 Å². The van der Waals surface area contributed by atoms with Gasteiger partial charge in [0.1, 0.15) is 12.6 Å². The molecule has 2 N–H and O–H groups in total. The van der Waals surface area contributed by atoms with Crippen LogP contribution in [0.15, 0.2) is 48.5 Å². The number of hydroxylamine groups is 2. The smallest absolute Gasteiger partial charge is 0.407 e.